The fraction of sp³-hybridized carbons (Fsp3) is 0.500. The summed E-state index contributed by atoms with van der Waals surface area (Å²) in [7, 11) is 0. The van der Waals surface area contributed by atoms with Gasteiger partial charge < -0.3 is 5.11 Å². The predicted molar refractivity (Wildman–Crippen MR) is 44.8 cm³/mol. The second-order valence-corrected chi connectivity index (χ2v) is 3.50. The van der Waals surface area contributed by atoms with Gasteiger partial charge in [0, 0.05) is 0 Å². The number of rotatable bonds is 1. The molecule has 64 valence electrons. The molecule has 0 spiro atoms. The van der Waals surface area contributed by atoms with Crippen LogP contribution in [0.5, 0.6) is 0 Å². The molecule has 1 saturated carbocycles. The Hall–Kier alpha value is -0.670. The monoisotopic (exact) mass is 184 g/mol. The van der Waals surface area contributed by atoms with Crippen molar-refractivity contribution >= 4 is 11.6 Å². The van der Waals surface area contributed by atoms with E-state index >= 15 is 0 Å². The summed E-state index contributed by atoms with van der Waals surface area (Å²) in [6.45, 7) is 0. The van der Waals surface area contributed by atoms with Gasteiger partial charge in [-0.05, 0) is 19.3 Å². The maximum atomic E-state index is 9.83. The van der Waals surface area contributed by atoms with Crippen LogP contribution in [0.4, 0.5) is 0 Å². The summed E-state index contributed by atoms with van der Waals surface area (Å²) in [6, 6.07) is 0. The van der Waals surface area contributed by atoms with Crippen LogP contribution in [0.3, 0.4) is 0 Å². The maximum absolute atomic E-state index is 9.83. The molecule has 1 aromatic rings. The van der Waals surface area contributed by atoms with Crippen molar-refractivity contribution in [2.75, 3.05) is 0 Å². The summed E-state index contributed by atoms with van der Waals surface area (Å²) in [4.78, 5) is 7.90. The van der Waals surface area contributed by atoms with Crippen molar-refractivity contribution < 1.29 is 5.11 Å². The van der Waals surface area contributed by atoms with Crippen LogP contribution in [0.15, 0.2) is 12.4 Å². The van der Waals surface area contributed by atoms with Crippen LogP contribution in [-0.2, 0) is 5.60 Å². The van der Waals surface area contributed by atoms with E-state index in [1.165, 1.54) is 6.20 Å². The number of nitrogens with zero attached hydrogens (tertiary/aromatic N) is 2. The summed E-state index contributed by atoms with van der Waals surface area (Å²) in [6.07, 6.45) is 5.63. The molecule has 0 saturated heterocycles. The van der Waals surface area contributed by atoms with E-state index in [0.29, 0.717) is 10.8 Å². The number of halogens is 1. The van der Waals surface area contributed by atoms with Crippen LogP contribution in [0.2, 0.25) is 5.15 Å². The number of aromatic nitrogens is 2. The molecule has 4 heteroatoms. The summed E-state index contributed by atoms with van der Waals surface area (Å²) in [5.74, 6) is 0. The van der Waals surface area contributed by atoms with Gasteiger partial charge in [0.2, 0.25) is 0 Å². The molecule has 12 heavy (non-hydrogen) atoms. The van der Waals surface area contributed by atoms with Crippen LogP contribution in [0.25, 0.3) is 0 Å². The average molecular weight is 185 g/mol. The molecule has 3 nitrogen and oxygen atoms in total. The highest BCUT2D eigenvalue weighted by Gasteiger charge is 2.37. The van der Waals surface area contributed by atoms with Gasteiger partial charge >= 0.3 is 0 Å². The van der Waals surface area contributed by atoms with Gasteiger partial charge in [-0.3, -0.25) is 4.98 Å². The molecule has 1 heterocycles. The highest BCUT2D eigenvalue weighted by atomic mass is 35.5. The highest BCUT2D eigenvalue weighted by Crippen LogP contribution is 2.39. The second kappa shape index (κ2) is 2.68. The van der Waals surface area contributed by atoms with E-state index < -0.39 is 5.60 Å². The van der Waals surface area contributed by atoms with E-state index in [4.69, 9.17) is 11.6 Å². The van der Waals surface area contributed by atoms with Crippen molar-refractivity contribution in [3.8, 4) is 0 Å². The fourth-order valence-electron chi connectivity index (χ4n) is 1.32. The van der Waals surface area contributed by atoms with E-state index in [1.807, 2.05) is 0 Å². The lowest BCUT2D eigenvalue weighted by atomic mass is 9.78. The molecule has 0 radical (unpaired) electrons. The summed E-state index contributed by atoms with van der Waals surface area (Å²) in [5, 5.41) is 10.2. The van der Waals surface area contributed by atoms with Crippen LogP contribution in [0, 0.1) is 0 Å². The minimum Gasteiger partial charge on any atom is -0.383 e. The van der Waals surface area contributed by atoms with E-state index in [9.17, 15) is 5.11 Å². The topological polar surface area (TPSA) is 46.0 Å². The normalized spacial score (nSPS) is 20.2. The van der Waals surface area contributed by atoms with Crippen molar-refractivity contribution in [1.82, 2.24) is 9.97 Å². The third-order valence-electron chi connectivity index (χ3n) is 2.28. The van der Waals surface area contributed by atoms with Crippen LogP contribution < -0.4 is 0 Å². The molecule has 0 bridgehead atoms. The lowest BCUT2D eigenvalue weighted by Crippen LogP contribution is -2.34. The summed E-state index contributed by atoms with van der Waals surface area (Å²) < 4.78 is 0. The Morgan fingerprint density at radius 3 is 2.50 bits per heavy atom. The Kier molecular flexibility index (Phi) is 1.77. The van der Waals surface area contributed by atoms with Crippen molar-refractivity contribution in [3.63, 3.8) is 0 Å². The molecule has 1 fully saturated rings. The van der Waals surface area contributed by atoms with Gasteiger partial charge in [0.1, 0.15) is 10.8 Å². The molecule has 1 aliphatic rings. The smallest absolute Gasteiger partial charge is 0.147 e. The highest BCUT2D eigenvalue weighted by molar-refractivity contribution is 6.29. The van der Waals surface area contributed by atoms with E-state index in [2.05, 4.69) is 9.97 Å². The SMILES string of the molecule is OC1(c2cnc(Cl)cn2)CCC1. The molecule has 1 N–H and O–H groups in total. The minimum absolute atomic E-state index is 0.363. The van der Waals surface area contributed by atoms with Crippen molar-refractivity contribution in [3.05, 3.63) is 23.2 Å². The molecule has 0 amide bonds. The Morgan fingerprint density at radius 1 is 1.33 bits per heavy atom. The first-order valence-electron chi connectivity index (χ1n) is 3.91. The molecule has 0 aliphatic heterocycles. The second-order valence-electron chi connectivity index (χ2n) is 3.11. The molecule has 0 aromatic carbocycles. The van der Waals surface area contributed by atoms with Crippen LogP contribution in [-0.4, -0.2) is 15.1 Å². The first-order chi connectivity index (χ1) is 5.71. The van der Waals surface area contributed by atoms with E-state index in [-0.39, 0.29) is 0 Å². The zero-order valence-electron chi connectivity index (χ0n) is 6.50. The predicted octanol–water partition coefficient (Wildman–Crippen LogP) is 1.50. The number of hydrogen-bond acceptors (Lipinski definition) is 3. The fourth-order valence-corrected chi connectivity index (χ4v) is 1.42. The van der Waals surface area contributed by atoms with Crippen LogP contribution in [0.1, 0.15) is 25.0 Å². The summed E-state index contributed by atoms with van der Waals surface area (Å²) in [5.41, 5.74) is -0.0874. The van der Waals surface area contributed by atoms with Gasteiger partial charge in [0.05, 0.1) is 18.1 Å². The average Bonchev–Trinajstić information content (AvgIpc) is 2.02. The van der Waals surface area contributed by atoms with E-state index in [0.717, 1.165) is 19.3 Å². The lowest BCUT2D eigenvalue weighted by molar-refractivity contribution is -0.0429. The molecule has 1 aliphatic carbocycles. The summed E-state index contributed by atoms with van der Waals surface area (Å²) >= 11 is 5.57. The third kappa shape index (κ3) is 1.19. The van der Waals surface area contributed by atoms with Gasteiger partial charge in [0.25, 0.3) is 0 Å². The van der Waals surface area contributed by atoms with Gasteiger partial charge in [-0.15, -0.1) is 0 Å². The molecule has 2 rings (SSSR count). The van der Waals surface area contributed by atoms with Crippen molar-refractivity contribution in [2.45, 2.75) is 24.9 Å². The Bertz CT molecular complexity index is 282. The van der Waals surface area contributed by atoms with Gasteiger partial charge in [-0.2, -0.15) is 0 Å². The zero-order chi connectivity index (χ0) is 8.60. The van der Waals surface area contributed by atoms with Gasteiger partial charge in [-0.25, -0.2) is 4.98 Å². The lowest BCUT2D eigenvalue weighted by Gasteiger charge is -2.35. The maximum Gasteiger partial charge on any atom is 0.147 e. The quantitative estimate of drug-likeness (QED) is 0.720. The van der Waals surface area contributed by atoms with Gasteiger partial charge in [-0.1, -0.05) is 11.6 Å². The molecular formula is C8H9ClN2O. The largest absolute Gasteiger partial charge is 0.383 e. The molecule has 0 atom stereocenters. The molecular weight excluding hydrogens is 176 g/mol. The first-order valence-corrected chi connectivity index (χ1v) is 4.29. The van der Waals surface area contributed by atoms with Crippen LogP contribution >= 0.6 is 11.6 Å². The molecule has 0 unspecified atom stereocenters. The van der Waals surface area contributed by atoms with E-state index in [1.54, 1.807) is 6.20 Å². The Balaban J connectivity index is 2.28. The standard InChI is InChI=1S/C8H9ClN2O/c9-7-5-10-6(4-11-7)8(12)2-1-3-8/h4-5,12H,1-3H2. The van der Waals surface area contributed by atoms with Crippen molar-refractivity contribution in [2.24, 2.45) is 0 Å². The zero-order valence-corrected chi connectivity index (χ0v) is 7.25. The molecule has 1 aromatic heterocycles. The Labute approximate surface area is 75.4 Å². The number of hydrogen-bond donors (Lipinski definition) is 1. The van der Waals surface area contributed by atoms with Crippen molar-refractivity contribution in [1.29, 1.82) is 0 Å². The Morgan fingerprint density at radius 2 is 2.08 bits per heavy atom. The van der Waals surface area contributed by atoms with Gasteiger partial charge in [0.15, 0.2) is 0 Å². The minimum atomic E-state index is -0.725. The third-order valence-corrected chi connectivity index (χ3v) is 2.47. The number of aliphatic hydroxyl groups is 1. The first kappa shape index (κ1) is 7.95.